The van der Waals surface area contributed by atoms with Crippen LogP contribution in [0.15, 0.2) is 72.3 Å². The number of ketones is 1. The van der Waals surface area contributed by atoms with E-state index in [2.05, 4.69) is 0 Å². The molecule has 174 valence electrons. The maximum absolute atomic E-state index is 13.3. The lowest BCUT2D eigenvalue weighted by Crippen LogP contribution is -2.29. The molecule has 3 aromatic rings. The summed E-state index contributed by atoms with van der Waals surface area (Å²) >= 11 is 12.4. The average Bonchev–Trinajstić information content (AvgIpc) is 3.08. The number of benzene rings is 3. The summed E-state index contributed by atoms with van der Waals surface area (Å²) in [6.07, 6.45) is 0. The number of amides is 1. The van der Waals surface area contributed by atoms with Crippen LogP contribution in [-0.2, 0) is 16.1 Å². The van der Waals surface area contributed by atoms with Gasteiger partial charge in [-0.3, -0.25) is 9.59 Å². The van der Waals surface area contributed by atoms with Crippen LogP contribution in [0.5, 0.6) is 11.5 Å². The molecule has 1 unspecified atom stereocenters. The second-order valence-corrected chi connectivity index (χ2v) is 8.50. The van der Waals surface area contributed by atoms with Gasteiger partial charge in [-0.1, -0.05) is 65.7 Å². The van der Waals surface area contributed by atoms with Crippen molar-refractivity contribution in [2.75, 3.05) is 14.2 Å². The minimum atomic E-state index is -0.838. The number of carbonyl (C=O) groups excluding carboxylic acids is 2. The molecule has 0 aromatic heterocycles. The van der Waals surface area contributed by atoms with Gasteiger partial charge in [0.25, 0.3) is 11.7 Å². The number of methoxy groups -OCH3 is 2. The quantitative estimate of drug-likeness (QED) is 0.271. The SMILES string of the molecule is COc1cccc(CN2C(=O)C(=O)/C(=C(/O)c3cc(Cl)cc(Cl)c3OC)C2c2ccccc2)c1. The summed E-state index contributed by atoms with van der Waals surface area (Å²) in [6.45, 7) is 0.131. The van der Waals surface area contributed by atoms with Crippen LogP contribution < -0.4 is 9.47 Å². The van der Waals surface area contributed by atoms with Crippen LogP contribution >= 0.6 is 23.2 Å². The summed E-state index contributed by atoms with van der Waals surface area (Å²) in [6, 6.07) is 18.3. The second-order valence-electron chi connectivity index (χ2n) is 7.66. The van der Waals surface area contributed by atoms with Crippen molar-refractivity contribution in [3.05, 3.63) is 99.0 Å². The van der Waals surface area contributed by atoms with Crippen molar-refractivity contribution in [3.63, 3.8) is 0 Å². The third-order valence-corrected chi connectivity index (χ3v) is 6.11. The molecule has 4 rings (SSSR count). The van der Waals surface area contributed by atoms with E-state index >= 15 is 0 Å². The van der Waals surface area contributed by atoms with E-state index in [1.165, 1.54) is 24.1 Å². The minimum Gasteiger partial charge on any atom is -0.507 e. The highest BCUT2D eigenvalue weighted by molar-refractivity contribution is 6.46. The van der Waals surface area contributed by atoms with E-state index in [1.807, 2.05) is 12.1 Å². The first-order valence-electron chi connectivity index (χ1n) is 10.4. The predicted octanol–water partition coefficient (Wildman–Crippen LogP) is 5.63. The van der Waals surface area contributed by atoms with E-state index in [1.54, 1.807) is 49.6 Å². The van der Waals surface area contributed by atoms with Crippen molar-refractivity contribution in [1.82, 2.24) is 4.90 Å². The molecule has 0 bridgehead atoms. The maximum atomic E-state index is 13.3. The van der Waals surface area contributed by atoms with Gasteiger partial charge >= 0.3 is 0 Å². The Hall–Kier alpha value is -3.48. The number of carbonyl (C=O) groups is 2. The van der Waals surface area contributed by atoms with Gasteiger partial charge in [-0.2, -0.15) is 0 Å². The Kier molecular flexibility index (Phi) is 6.82. The molecule has 1 aliphatic heterocycles. The van der Waals surface area contributed by atoms with E-state index in [0.717, 1.165) is 5.56 Å². The zero-order valence-electron chi connectivity index (χ0n) is 18.4. The summed E-state index contributed by atoms with van der Waals surface area (Å²) in [5.74, 6) is -1.18. The molecule has 8 heteroatoms. The third-order valence-electron chi connectivity index (χ3n) is 5.61. The summed E-state index contributed by atoms with van der Waals surface area (Å²) in [4.78, 5) is 27.9. The van der Waals surface area contributed by atoms with Crippen LogP contribution in [0.4, 0.5) is 0 Å². The Labute approximate surface area is 206 Å². The molecule has 1 amide bonds. The Morgan fingerprint density at radius 2 is 1.71 bits per heavy atom. The Morgan fingerprint density at radius 3 is 2.38 bits per heavy atom. The fraction of sp³-hybridized carbons (Fsp3) is 0.154. The standard InChI is InChI=1S/C26H21Cl2NO5/c1-33-18-10-6-7-15(11-18)14-29-22(16-8-4-3-5-9-16)21(24(31)26(29)32)23(30)19-12-17(27)13-20(28)25(19)34-2/h3-13,22,30H,14H2,1-2H3/b23-21+. The molecular weight excluding hydrogens is 477 g/mol. The first-order valence-corrected chi connectivity index (χ1v) is 11.1. The van der Waals surface area contributed by atoms with Crippen molar-refractivity contribution in [3.8, 4) is 11.5 Å². The van der Waals surface area contributed by atoms with E-state index < -0.39 is 23.5 Å². The molecule has 0 saturated carbocycles. The van der Waals surface area contributed by atoms with Crippen molar-refractivity contribution in [2.24, 2.45) is 0 Å². The number of hydrogen-bond acceptors (Lipinski definition) is 5. The lowest BCUT2D eigenvalue weighted by Gasteiger charge is -2.25. The van der Waals surface area contributed by atoms with Crippen LogP contribution in [0.2, 0.25) is 10.0 Å². The lowest BCUT2D eigenvalue weighted by molar-refractivity contribution is -0.140. The van der Waals surface area contributed by atoms with Crippen LogP contribution in [0, 0.1) is 0 Å². The van der Waals surface area contributed by atoms with Gasteiger partial charge < -0.3 is 19.5 Å². The summed E-state index contributed by atoms with van der Waals surface area (Å²) in [5.41, 5.74) is 1.49. The Morgan fingerprint density at radius 1 is 0.971 bits per heavy atom. The summed E-state index contributed by atoms with van der Waals surface area (Å²) < 4.78 is 10.6. The van der Waals surface area contributed by atoms with Crippen LogP contribution in [-0.4, -0.2) is 35.9 Å². The number of hydrogen-bond donors (Lipinski definition) is 1. The van der Waals surface area contributed by atoms with E-state index in [0.29, 0.717) is 11.3 Å². The topological polar surface area (TPSA) is 76.1 Å². The molecule has 6 nitrogen and oxygen atoms in total. The van der Waals surface area contributed by atoms with Crippen molar-refractivity contribution in [2.45, 2.75) is 12.6 Å². The predicted molar refractivity (Wildman–Crippen MR) is 130 cm³/mol. The van der Waals surface area contributed by atoms with Gasteiger partial charge in [-0.25, -0.2) is 0 Å². The molecule has 1 heterocycles. The first-order chi connectivity index (χ1) is 16.3. The minimum absolute atomic E-state index is 0.0734. The number of aliphatic hydroxyl groups excluding tert-OH is 1. The molecular formula is C26H21Cl2NO5. The molecule has 1 aliphatic rings. The average molecular weight is 498 g/mol. The number of halogens is 2. The van der Waals surface area contributed by atoms with E-state index in [9.17, 15) is 14.7 Å². The number of likely N-dealkylation sites (tertiary alicyclic amines) is 1. The van der Waals surface area contributed by atoms with Crippen molar-refractivity contribution in [1.29, 1.82) is 0 Å². The molecule has 1 N–H and O–H groups in total. The number of rotatable bonds is 6. The van der Waals surface area contributed by atoms with Gasteiger partial charge in [0.1, 0.15) is 17.3 Å². The zero-order valence-corrected chi connectivity index (χ0v) is 19.9. The van der Waals surface area contributed by atoms with Crippen LogP contribution in [0.1, 0.15) is 22.7 Å². The molecule has 1 fully saturated rings. The van der Waals surface area contributed by atoms with E-state index in [-0.39, 0.29) is 33.5 Å². The normalized spacial score (nSPS) is 17.2. The zero-order chi connectivity index (χ0) is 24.4. The van der Waals surface area contributed by atoms with Gasteiger partial charge in [0, 0.05) is 11.6 Å². The number of nitrogens with zero attached hydrogens (tertiary/aromatic N) is 1. The highest BCUT2D eigenvalue weighted by Gasteiger charge is 2.46. The van der Waals surface area contributed by atoms with Crippen LogP contribution in [0.3, 0.4) is 0 Å². The fourth-order valence-electron chi connectivity index (χ4n) is 4.08. The number of ether oxygens (including phenoxy) is 2. The molecule has 1 saturated heterocycles. The molecule has 0 radical (unpaired) electrons. The Bertz CT molecular complexity index is 1290. The number of aliphatic hydroxyl groups is 1. The van der Waals surface area contributed by atoms with Crippen LogP contribution in [0.25, 0.3) is 5.76 Å². The molecule has 0 aliphatic carbocycles. The first kappa shape index (κ1) is 23.7. The molecule has 34 heavy (non-hydrogen) atoms. The Balaban J connectivity index is 1.90. The smallest absolute Gasteiger partial charge is 0.295 e. The lowest BCUT2D eigenvalue weighted by atomic mass is 9.95. The monoisotopic (exact) mass is 497 g/mol. The number of Topliss-reactive ketones (excluding diaryl/α,β-unsaturated/α-hetero) is 1. The molecule has 0 spiro atoms. The second kappa shape index (κ2) is 9.79. The summed E-state index contributed by atoms with van der Waals surface area (Å²) in [5, 5.41) is 11.7. The van der Waals surface area contributed by atoms with Gasteiger partial charge in [0.15, 0.2) is 0 Å². The van der Waals surface area contributed by atoms with Gasteiger partial charge in [-0.05, 0) is 35.4 Å². The van der Waals surface area contributed by atoms with Crippen molar-refractivity contribution >= 4 is 40.7 Å². The maximum Gasteiger partial charge on any atom is 0.295 e. The summed E-state index contributed by atoms with van der Waals surface area (Å²) in [7, 11) is 2.95. The third kappa shape index (κ3) is 4.34. The molecule has 3 aromatic carbocycles. The molecule has 1 atom stereocenters. The van der Waals surface area contributed by atoms with Gasteiger partial charge in [-0.15, -0.1) is 0 Å². The highest BCUT2D eigenvalue weighted by atomic mass is 35.5. The van der Waals surface area contributed by atoms with Crippen molar-refractivity contribution < 1.29 is 24.2 Å². The fourth-order valence-corrected chi connectivity index (χ4v) is 4.65. The van der Waals surface area contributed by atoms with Gasteiger partial charge in [0.05, 0.1) is 36.4 Å². The van der Waals surface area contributed by atoms with Gasteiger partial charge in [0.2, 0.25) is 0 Å². The van der Waals surface area contributed by atoms with E-state index in [4.69, 9.17) is 32.7 Å². The largest absolute Gasteiger partial charge is 0.507 e. The highest BCUT2D eigenvalue weighted by Crippen LogP contribution is 2.43.